The van der Waals surface area contributed by atoms with Gasteiger partial charge in [0.15, 0.2) is 6.23 Å². The lowest BCUT2D eigenvalue weighted by atomic mass is 9.86. The summed E-state index contributed by atoms with van der Waals surface area (Å²) in [5.74, 6) is 0.724. The molecule has 2 heterocycles. The van der Waals surface area contributed by atoms with Crippen molar-refractivity contribution in [2.75, 3.05) is 13.7 Å². The van der Waals surface area contributed by atoms with Crippen LogP contribution >= 0.6 is 12.2 Å². The van der Waals surface area contributed by atoms with Gasteiger partial charge < -0.3 is 29.4 Å². The number of benzene rings is 1. The second-order valence-electron chi connectivity index (χ2n) is 7.63. The molecule has 1 aliphatic heterocycles. The number of hydrogen-bond donors (Lipinski definition) is 3. The zero-order valence-corrected chi connectivity index (χ0v) is 17.4. The van der Waals surface area contributed by atoms with Gasteiger partial charge in [-0.25, -0.2) is 0 Å². The average Bonchev–Trinajstić information content (AvgIpc) is 3.06. The molecule has 8 heteroatoms. The van der Waals surface area contributed by atoms with Gasteiger partial charge in [-0.1, -0.05) is 24.4 Å². The Labute approximate surface area is 179 Å². The molecule has 0 radical (unpaired) electrons. The van der Waals surface area contributed by atoms with Gasteiger partial charge in [-0.3, -0.25) is 0 Å². The molecule has 4 rings (SSSR count). The Hall–Kier alpha value is -2.28. The van der Waals surface area contributed by atoms with E-state index < -0.39 is 31.1 Å². The predicted octanol–water partition coefficient (Wildman–Crippen LogP) is 2.26. The van der Waals surface area contributed by atoms with Crippen LogP contribution in [-0.4, -0.2) is 51.9 Å². The van der Waals surface area contributed by atoms with E-state index in [0.29, 0.717) is 5.56 Å². The Morgan fingerprint density at radius 3 is 2.50 bits per heavy atom. The zero-order chi connectivity index (χ0) is 21.4. The first kappa shape index (κ1) is 21.0. The van der Waals surface area contributed by atoms with Crippen LogP contribution in [0.1, 0.15) is 35.9 Å². The van der Waals surface area contributed by atoms with E-state index in [-0.39, 0.29) is 4.64 Å². The number of ether oxygens (including phenoxy) is 2. The fourth-order valence-electron chi connectivity index (χ4n) is 4.47. The standard InChI is InChI=1S/C22H24N2O5S/c1-28-13-8-6-12(7-9-13)18-14-4-2-3-5-16(14)24(22(30)15(18)10-23)21-20(27)19(26)17(11-25)29-21/h6-9,17,19-21,25-27H,2-5,11H2,1H3/t17-,19-,20-,21?/m1/s1. The van der Waals surface area contributed by atoms with Crippen molar-refractivity contribution in [1.29, 1.82) is 5.26 Å². The number of aromatic nitrogens is 1. The molecule has 30 heavy (non-hydrogen) atoms. The molecule has 1 aromatic carbocycles. The van der Waals surface area contributed by atoms with Crippen LogP contribution in [0.2, 0.25) is 0 Å². The SMILES string of the molecule is COc1ccc(-c2c3c(n(C4O[C@H](CO)[C@@H](O)[C@H]4O)c(=S)c2C#N)CCCC3)cc1. The van der Waals surface area contributed by atoms with Gasteiger partial charge in [0.1, 0.15) is 34.8 Å². The van der Waals surface area contributed by atoms with Gasteiger partial charge in [0, 0.05) is 11.3 Å². The van der Waals surface area contributed by atoms with Crippen LogP contribution < -0.4 is 4.74 Å². The van der Waals surface area contributed by atoms with Crippen LogP contribution in [0.25, 0.3) is 11.1 Å². The van der Waals surface area contributed by atoms with Gasteiger partial charge >= 0.3 is 0 Å². The number of rotatable bonds is 4. The zero-order valence-electron chi connectivity index (χ0n) is 16.6. The molecule has 0 bridgehead atoms. The second-order valence-corrected chi connectivity index (χ2v) is 8.01. The third kappa shape index (κ3) is 3.33. The normalized spacial score (nSPS) is 25.6. The van der Waals surface area contributed by atoms with Crippen LogP contribution in [-0.2, 0) is 17.6 Å². The van der Waals surface area contributed by atoms with Crippen molar-refractivity contribution in [2.24, 2.45) is 0 Å². The molecule has 7 nitrogen and oxygen atoms in total. The van der Waals surface area contributed by atoms with Crippen LogP contribution in [0.5, 0.6) is 5.75 Å². The van der Waals surface area contributed by atoms with Crippen molar-refractivity contribution in [3.63, 3.8) is 0 Å². The minimum Gasteiger partial charge on any atom is -0.497 e. The van der Waals surface area contributed by atoms with Crippen LogP contribution in [0.3, 0.4) is 0 Å². The van der Waals surface area contributed by atoms with Gasteiger partial charge in [0.05, 0.1) is 19.3 Å². The highest BCUT2D eigenvalue weighted by Gasteiger charge is 2.44. The third-order valence-electron chi connectivity index (χ3n) is 5.98. The van der Waals surface area contributed by atoms with E-state index >= 15 is 0 Å². The monoisotopic (exact) mass is 428 g/mol. The van der Waals surface area contributed by atoms with Gasteiger partial charge in [-0.15, -0.1) is 0 Å². The highest BCUT2D eigenvalue weighted by molar-refractivity contribution is 7.71. The lowest BCUT2D eigenvalue weighted by Crippen LogP contribution is -2.34. The maximum absolute atomic E-state index is 10.6. The molecule has 3 N–H and O–H groups in total. The molecule has 1 aromatic heterocycles. The highest BCUT2D eigenvalue weighted by Crippen LogP contribution is 2.40. The van der Waals surface area contributed by atoms with E-state index in [1.54, 1.807) is 11.7 Å². The first-order chi connectivity index (χ1) is 14.5. The average molecular weight is 429 g/mol. The van der Waals surface area contributed by atoms with Crippen molar-refractivity contribution in [3.05, 3.63) is 45.7 Å². The van der Waals surface area contributed by atoms with E-state index in [1.165, 1.54) is 0 Å². The molecule has 4 atom stereocenters. The number of nitriles is 1. The Kier molecular flexibility index (Phi) is 5.91. The van der Waals surface area contributed by atoms with Gasteiger partial charge in [-0.05, 0) is 48.9 Å². The third-order valence-corrected chi connectivity index (χ3v) is 6.38. The Morgan fingerprint density at radius 2 is 1.90 bits per heavy atom. The predicted molar refractivity (Wildman–Crippen MR) is 112 cm³/mol. The van der Waals surface area contributed by atoms with Crippen LogP contribution in [0.15, 0.2) is 24.3 Å². The Balaban J connectivity index is 1.94. The number of fused-ring (bicyclic) bond motifs is 1. The number of nitrogens with zero attached hydrogens (tertiary/aromatic N) is 2. The van der Waals surface area contributed by atoms with Crippen molar-refractivity contribution in [3.8, 4) is 22.9 Å². The molecular formula is C22H24N2O5S. The van der Waals surface area contributed by atoms with Crippen molar-refractivity contribution in [1.82, 2.24) is 4.57 Å². The smallest absolute Gasteiger partial charge is 0.164 e. The quantitative estimate of drug-likeness (QED) is 0.641. The lowest BCUT2D eigenvalue weighted by Gasteiger charge is -2.30. The van der Waals surface area contributed by atoms with E-state index in [0.717, 1.165) is 53.8 Å². The number of aliphatic hydroxyl groups is 3. The molecule has 1 unspecified atom stereocenters. The molecule has 1 fully saturated rings. The van der Waals surface area contributed by atoms with E-state index in [1.807, 2.05) is 24.3 Å². The number of pyridine rings is 1. The summed E-state index contributed by atoms with van der Waals surface area (Å²) < 4.78 is 13.0. The Bertz CT molecular complexity index is 1040. The maximum atomic E-state index is 10.6. The summed E-state index contributed by atoms with van der Waals surface area (Å²) in [4.78, 5) is 0. The van der Waals surface area contributed by atoms with E-state index in [9.17, 15) is 20.6 Å². The second kappa shape index (κ2) is 8.46. The first-order valence-electron chi connectivity index (χ1n) is 9.99. The van der Waals surface area contributed by atoms with Gasteiger partial charge in [-0.2, -0.15) is 5.26 Å². The molecule has 1 saturated heterocycles. The molecule has 0 amide bonds. The first-order valence-corrected chi connectivity index (χ1v) is 10.4. The number of hydrogen-bond acceptors (Lipinski definition) is 7. The van der Waals surface area contributed by atoms with E-state index in [2.05, 4.69) is 6.07 Å². The summed E-state index contributed by atoms with van der Waals surface area (Å²) in [6.07, 6.45) is -0.911. The fourth-order valence-corrected chi connectivity index (χ4v) is 4.83. The Morgan fingerprint density at radius 1 is 1.20 bits per heavy atom. The lowest BCUT2D eigenvalue weighted by molar-refractivity contribution is -0.0550. The maximum Gasteiger partial charge on any atom is 0.164 e. The molecule has 158 valence electrons. The summed E-state index contributed by atoms with van der Waals surface area (Å²) in [7, 11) is 1.60. The largest absolute Gasteiger partial charge is 0.497 e. The molecule has 0 saturated carbocycles. The molecule has 2 aromatic rings. The van der Waals surface area contributed by atoms with Crippen molar-refractivity contribution >= 4 is 12.2 Å². The minimum atomic E-state index is -1.25. The minimum absolute atomic E-state index is 0.263. The van der Waals surface area contributed by atoms with E-state index in [4.69, 9.17) is 21.7 Å². The van der Waals surface area contributed by atoms with Crippen molar-refractivity contribution < 1.29 is 24.8 Å². The summed E-state index contributed by atoms with van der Waals surface area (Å²) >= 11 is 5.70. The van der Waals surface area contributed by atoms with Gasteiger partial charge in [0.2, 0.25) is 0 Å². The number of aliphatic hydroxyl groups excluding tert-OH is 3. The number of methoxy groups -OCH3 is 1. The van der Waals surface area contributed by atoms with Crippen LogP contribution in [0, 0.1) is 16.0 Å². The van der Waals surface area contributed by atoms with Crippen LogP contribution in [0.4, 0.5) is 0 Å². The summed E-state index contributed by atoms with van der Waals surface area (Å²) in [5.41, 5.74) is 3.95. The molecule has 2 aliphatic rings. The highest BCUT2D eigenvalue weighted by atomic mass is 32.1. The van der Waals surface area contributed by atoms with Gasteiger partial charge in [0.25, 0.3) is 0 Å². The fraction of sp³-hybridized carbons (Fsp3) is 0.455. The topological polar surface area (TPSA) is 108 Å². The van der Waals surface area contributed by atoms with Crippen molar-refractivity contribution in [2.45, 2.75) is 50.2 Å². The summed E-state index contributed by atoms with van der Waals surface area (Å²) in [6, 6.07) is 9.77. The molecule has 0 spiro atoms. The molecular weight excluding hydrogens is 404 g/mol. The molecule has 1 aliphatic carbocycles. The summed E-state index contributed by atoms with van der Waals surface area (Å²) in [5, 5.41) is 40.3. The summed E-state index contributed by atoms with van der Waals surface area (Å²) in [6.45, 7) is -0.417.